The highest BCUT2D eigenvalue weighted by Crippen LogP contribution is 2.36. The molecule has 1 aliphatic carbocycles. The van der Waals surface area contributed by atoms with Crippen molar-refractivity contribution >= 4 is 0 Å². The van der Waals surface area contributed by atoms with E-state index in [9.17, 15) is 0 Å². The smallest absolute Gasteiger partial charge is 0.122 e. The van der Waals surface area contributed by atoms with Crippen LogP contribution in [0.4, 0.5) is 0 Å². The van der Waals surface area contributed by atoms with Gasteiger partial charge < -0.3 is 10.5 Å². The average Bonchev–Trinajstić information content (AvgIpc) is 2.30. The number of ether oxygens (including phenoxy) is 1. The summed E-state index contributed by atoms with van der Waals surface area (Å²) >= 11 is 0. The Balaban J connectivity index is 2.32. The van der Waals surface area contributed by atoms with Gasteiger partial charge in [-0.2, -0.15) is 0 Å². The van der Waals surface area contributed by atoms with Crippen molar-refractivity contribution in [2.45, 2.75) is 44.6 Å². The third-order valence-electron chi connectivity index (χ3n) is 3.73. The van der Waals surface area contributed by atoms with E-state index in [4.69, 9.17) is 10.5 Å². The highest BCUT2D eigenvalue weighted by Gasteiger charge is 2.29. The molecule has 2 N–H and O–H groups in total. The van der Waals surface area contributed by atoms with Crippen LogP contribution in [-0.4, -0.2) is 7.11 Å². The number of methoxy groups -OCH3 is 1. The Morgan fingerprint density at radius 2 is 1.88 bits per heavy atom. The molecule has 0 radical (unpaired) electrons. The zero-order valence-electron chi connectivity index (χ0n) is 10.3. The maximum atomic E-state index is 6.50. The van der Waals surface area contributed by atoms with E-state index in [1.807, 2.05) is 0 Å². The second kappa shape index (κ2) is 4.46. The van der Waals surface area contributed by atoms with Crippen LogP contribution < -0.4 is 10.5 Å². The highest BCUT2D eigenvalue weighted by atomic mass is 16.5. The second-order valence-corrected chi connectivity index (χ2v) is 4.90. The summed E-state index contributed by atoms with van der Waals surface area (Å²) in [6.07, 6.45) is 6.00. The molecule has 1 aromatic carbocycles. The predicted molar refractivity (Wildman–Crippen MR) is 66.7 cm³/mol. The molecule has 1 fully saturated rings. The monoisotopic (exact) mass is 219 g/mol. The van der Waals surface area contributed by atoms with Crippen molar-refractivity contribution in [3.8, 4) is 5.75 Å². The molecule has 1 aliphatic rings. The number of rotatable bonds is 2. The lowest BCUT2D eigenvalue weighted by molar-refractivity contribution is 0.301. The highest BCUT2D eigenvalue weighted by molar-refractivity contribution is 5.39. The zero-order valence-corrected chi connectivity index (χ0v) is 10.3. The molecule has 0 atom stereocenters. The van der Waals surface area contributed by atoms with Gasteiger partial charge in [-0.15, -0.1) is 0 Å². The number of hydrogen-bond donors (Lipinski definition) is 1. The van der Waals surface area contributed by atoms with Gasteiger partial charge in [-0.1, -0.05) is 31.4 Å². The molecule has 0 spiro atoms. The summed E-state index contributed by atoms with van der Waals surface area (Å²) in [6.45, 7) is 2.06. The van der Waals surface area contributed by atoms with Gasteiger partial charge in [-0.3, -0.25) is 0 Å². The fourth-order valence-electron chi connectivity index (χ4n) is 2.60. The van der Waals surface area contributed by atoms with Gasteiger partial charge in [0.25, 0.3) is 0 Å². The van der Waals surface area contributed by atoms with E-state index in [1.165, 1.54) is 30.4 Å². The first kappa shape index (κ1) is 11.5. The van der Waals surface area contributed by atoms with Gasteiger partial charge in [-0.05, 0) is 37.0 Å². The molecule has 1 aromatic rings. The van der Waals surface area contributed by atoms with Crippen LogP contribution >= 0.6 is 0 Å². The summed E-state index contributed by atoms with van der Waals surface area (Å²) in [5.74, 6) is 0.952. The molecule has 16 heavy (non-hydrogen) atoms. The normalized spacial score (nSPS) is 19.4. The minimum absolute atomic E-state index is 0.126. The van der Waals surface area contributed by atoms with Crippen molar-refractivity contribution in [1.82, 2.24) is 0 Å². The lowest BCUT2D eigenvalue weighted by Gasteiger charge is -2.34. The van der Waals surface area contributed by atoms with Crippen molar-refractivity contribution in [3.05, 3.63) is 29.3 Å². The average molecular weight is 219 g/mol. The van der Waals surface area contributed by atoms with Gasteiger partial charge in [0, 0.05) is 5.54 Å². The van der Waals surface area contributed by atoms with Crippen LogP contribution in [0.25, 0.3) is 0 Å². The van der Waals surface area contributed by atoms with Gasteiger partial charge in [-0.25, -0.2) is 0 Å². The number of nitrogens with two attached hydrogens (primary N) is 1. The van der Waals surface area contributed by atoms with Crippen LogP contribution in [0.2, 0.25) is 0 Å². The first-order valence-electron chi connectivity index (χ1n) is 6.10. The van der Waals surface area contributed by atoms with Gasteiger partial charge in [0.1, 0.15) is 5.75 Å². The third kappa shape index (κ3) is 2.07. The molecular weight excluding hydrogens is 198 g/mol. The Morgan fingerprint density at radius 3 is 2.50 bits per heavy atom. The second-order valence-electron chi connectivity index (χ2n) is 4.90. The maximum absolute atomic E-state index is 6.50. The number of hydrogen-bond acceptors (Lipinski definition) is 2. The molecule has 2 heteroatoms. The minimum atomic E-state index is -0.126. The Bertz CT molecular complexity index is 367. The van der Waals surface area contributed by atoms with Gasteiger partial charge in [0.2, 0.25) is 0 Å². The summed E-state index contributed by atoms with van der Waals surface area (Å²) in [5.41, 5.74) is 8.78. The Hall–Kier alpha value is -1.02. The van der Waals surface area contributed by atoms with Crippen LogP contribution in [0.1, 0.15) is 43.2 Å². The first-order valence-corrected chi connectivity index (χ1v) is 6.10. The molecule has 88 valence electrons. The zero-order chi connectivity index (χ0) is 11.6. The largest absolute Gasteiger partial charge is 0.496 e. The molecular formula is C14H21NO. The van der Waals surface area contributed by atoms with Crippen LogP contribution in [0.3, 0.4) is 0 Å². The molecule has 0 aromatic heterocycles. The fourth-order valence-corrected chi connectivity index (χ4v) is 2.60. The topological polar surface area (TPSA) is 35.2 Å². The molecule has 0 bridgehead atoms. The van der Waals surface area contributed by atoms with Crippen LogP contribution in [0.15, 0.2) is 18.2 Å². The van der Waals surface area contributed by atoms with E-state index >= 15 is 0 Å². The quantitative estimate of drug-likeness (QED) is 0.829. The Labute approximate surface area is 97.8 Å². The van der Waals surface area contributed by atoms with Crippen LogP contribution in [0.5, 0.6) is 5.75 Å². The first-order chi connectivity index (χ1) is 7.65. The number of aryl methyl sites for hydroxylation is 1. The molecule has 0 amide bonds. The van der Waals surface area contributed by atoms with E-state index in [1.54, 1.807) is 7.11 Å². The van der Waals surface area contributed by atoms with Crippen LogP contribution in [0, 0.1) is 6.92 Å². The molecule has 0 heterocycles. The molecule has 2 nitrogen and oxygen atoms in total. The third-order valence-corrected chi connectivity index (χ3v) is 3.73. The molecule has 2 rings (SSSR count). The van der Waals surface area contributed by atoms with Crippen molar-refractivity contribution in [3.63, 3.8) is 0 Å². The van der Waals surface area contributed by atoms with Crippen molar-refractivity contribution in [2.24, 2.45) is 5.73 Å². The number of benzene rings is 1. The summed E-state index contributed by atoms with van der Waals surface area (Å²) < 4.78 is 5.37. The Kier molecular flexibility index (Phi) is 3.20. The summed E-state index contributed by atoms with van der Waals surface area (Å²) in [4.78, 5) is 0. The van der Waals surface area contributed by atoms with E-state index in [0.717, 1.165) is 18.6 Å². The lowest BCUT2D eigenvalue weighted by atomic mass is 9.77. The molecule has 0 unspecified atom stereocenters. The van der Waals surface area contributed by atoms with Gasteiger partial charge >= 0.3 is 0 Å². The SMILES string of the molecule is COc1cc(C2(N)CCCCC2)ccc1C. The van der Waals surface area contributed by atoms with Crippen molar-refractivity contribution in [1.29, 1.82) is 0 Å². The van der Waals surface area contributed by atoms with E-state index in [2.05, 4.69) is 25.1 Å². The molecule has 1 saturated carbocycles. The van der Waals surface area contributed by atoms with Gasteiger partial charge in [0.05, 0.1) is 7.11 Å². The Morgan fingerprint density at radius 1 is 1.19 bits per heavy atom. The minimum Gasteiger partial charge on any atom is -0.496 e. The summed E-state index contributed by atoms with van der Waals surface area (Å²) in [6, 6.07) is 6.38. The van der Waals surface area contributed by atoms with E-state index in [-0.39, 0.29) is 5.54 Å². The summed E-state index contributed by atoms with van der Waals surface area (Å²) in [7, 11) is 1.72. The summed E-state index contributed by atoms with van der Waals surface area (Å²) in [5, 5.41) is 0. The standard InChI is InChI=1S/C14H21NO/c1-11-6-7-12(10-13(11)16-2)14(15)8-4-3-5-9-14/h6-7,10H,3-5,8-9,15H2,1-2H3. The molecule has 0 aliphatic heterocycles. The van der Waals surface area contributed by atoms with Crippen molar-refractivity contribution in [2.75, 3.05) is 7.11 Å². The maximum Gasteiger partial charge on any atom is 0.122 e. The van der Waals surface area contributed by atoms with Crippen molar-refractivity contribution < 1.29 is 4.74 Å². The van der Waals surface area contributed by atoms with E-state index in [0.29, 0.717) is 0 Å². The lowest BCUT2D eigenvalue weighted by Crippen LogP contribution is -2.38. The van der Waals surface area contributed by atoms with Gasteiger partial charge in [0.15, 0.2) is 0 Å². The van der Waals surface area contributed by atoms with E-state index < -0.39 is 0 Å². The van der Waals surface area contributed by atoms with Crippen LogP contribution in [-0.2, 0) is 5.54 Å². The fraction of sp³-hybridized carbons (Fsp3) is 0.571. The molecule has 0 saturated heterocycles. The predicted octanol–water partition coefficient (Wildman–Crippen LogP) is 3.12.